The molecule has 0 atom stereocenters. The van der Waals surface area contributed by atoms with Crippen LogP contribution in [0, 0.1) is 5.82 Å². The van der Waals surface area contributed by atoms with Gasteiger partial charge in [-0.05, 0) is 41.5 Å². The van der Waals surface area contributed by atoms with Crippen molar-refractivity contribution in [3.63, 3.8) is 0 Å². The third-order valence-corrected chi connectivity index (χ3v) is 4.49. The molecule has 0 unspecified atom stereocenters. The second-order valence-corrected chi connectivity index (χ2v) is 6.37. The largest absolute Gasteiger partial charge is 0.337 e. The molecule has 1 aliphatic heterocycles. The van der Waals surface area contributed by atoms with Crippen LogP contribution >= 0.6 is 11.6 Å². The van der Waals surface area contributed by atoms with Gasteiger partial charge in [0, 0.05) is 51.2 Å². The van der Waals surface area contributed by atoms with Crippen LogP contribution in [0.25, 0.3) is 6.08 Å². The maximum atomic E-state index is 13.1. The van der Waals surface area contributed by atoms with Crippen LogP contribution in [-0.4, -0.2) is 46.9 Å². The van der Waals surface area contributed by atoms with Gasteiger partial charge < -0.3 is 4.90 Å². The predicted octanol–water partition coefficient (Wildman–Crippen LogP) is 3.23. The summed E-state index contributed by atoms with van der Waals surface area (Å²) < 4.78 is 13.1. The molecule has 1 saturated heterocycles. The molecular formula is C19H19ClFN3O. The Hall–Kier alpha value is -2.24. The summed E-state index contributed by atoms with van der Waals surface area (Å²) in [6, 6.07) is 8.41. The Balaban J connectivity index is 1.51. The summed E-state index contributed by atoms with van der Waals surface area (Å²) in [5.74, 6) is -0.500. The SMILES string of the molecule is O=C(C=Cc1ccc(F)c(Cl)c1)N1CCN(Cc2ccncc2)CC1. The quantitative estimate of drug-likeness (QED) is 0.786. The van der Waals surface area contributed by atoms with Crippen molar-refractivity contribution in [1.29, 1.82) is 0 Å². The van der Waals surface area contributed by atoms with E-state index in [1.807, 2.05) is 17.0 Å². The van der Waals surface area contributed by atoms with E-state index in [0.29, 0.717) is 18.7 Å². The summed E-state index contributed by atoms with van der Waals surface area (Å²) >= 11 is 5.75. The number of hydrogen-bond acceptors (Lipinski definition) is 3. The number of amides is 1. The summed E-state index contributed by atoms with van der Waals surface area (Å²) in [7, 11) is 0. The molecule has 2 aromatic rings. The van der Waals surface area contributed by atoms with Gasteiger partial charge in [0.1, 0.15) is 5.82 Å². The number of pyridine rings is 1. The summed E-state index contributed by atoms with van der Waals surface area (Å²) in [4.78, 5) is 20.5. The maximum Gasteiger partial charge on any atom is 0.246 e. The lowest BCUT2D eigenvalue weighted by Gasteiger charge is -2.34. The summed E-state index contributed by atoms with van der Waals surface area (Å²) in [6.45, 7) is 3.93. The van der Waals surface area contributed by atoms with Gasteiger partial charge in [-0.25, -0.2) is 4.39 Å². The molecule has 3 rings (SSSR count). The Morgan fingerprint density at radius 2 is 1.88 bits per heavy atom. The molecule has 0 radical (unpaired) electrons. The van der Waals surface area contributed by atoms with Crippen molar-refractivity contribution in [2.24, 2.45) is 0 Å². The zero-order valence-corrected chi connectivity index (χ0v) is 14.5. The van der Waals surface area contributed by atoms with Crippen LogP contribution in [0.4, 0.5) is 4.39 Å². The summed E-state index contributed by atoms with van der Waals surface area (Å²) in [6.07, 6.45) is 6.77. The lowest BCUT2D eigenvalue weighted by Crippen LogP contribution is -2.47. The number of rotatable bonds is 4. The lowest BCUT2D eigenvalue weighted by atomic mass is 10.2. The molecule has 0 aliphatic carbocycles. The van der Waals surface area contributed by atoms with Gasteiger partial charge in [0.05, 0.1) is 5.02 Å². The van der Waals surface area contributed by atoms with Gasteiger partial charge in [-0.15, -0.1) is 0 Å². The first kappa shape index (κ1) is 17.6. The van der Waals surface area contributed by atoms with Gasteiger partial charge in [0.25, 0.3) is 0 Å². The van der Waals surface area contributed by atoms with Crippen molar-refractivity contribution in [1.82, 2.24) is 14.8 Å². The van der Waals surface area contributed by atoms with E-state index in [-0.39, 0.29) is 10.9 Å². The number of aromatic nitrogens is 1. The van der Waals surface area contributed by atoms with Crippen molar-refractivity contribution >= 4 is 23.6 Å². The van der Waals surface area contributed by atoms with Crippen LogP contribution in [0.15, 0.2) is 48.8 Å². The van der Waals surface area contributed by atoms with Crippen LogP contribution in [0.5, 0.6) is 0 Å². The van der Waals surface area contributed by atoms with Crippen LogP contribution in [0.2, 0.25) is 5.02 Å². The molecule has 1 amide bonds. The molecule has 6 heteroatoms. The minimum Gasteiger partial charge on any atom is -0.337 e. The number of nitrogens with zero attached hydrogens (tertiary/aromatic N) is 3. The molecule has 25 heavy (non-hydrogen) atoms. The number of piperazine rings is 1. The Morgan fingerprint density at radius 1 is 1.16 bits per heavy atom. The molecule has 4 nitrogen and oxygen atoms in total. The highest BCUT2D eigenvalue weighted by Crippen LogP contribution is 2.17. The zero-order valence-electron chi connectivity index (χ0n) is 13.7. The molecule has 1 aliphatic rings. The van der Waals surface area contributed by atoms with Crippen molar-refractivity contribution in [3.8, 4) is 0 Å². The van der Waals surface area contributed by atoms with E-state index in [1.165, 1.54) is 23.8 Å². The van der Waals surface area contributed by atoms with Crippen molar-refractivity contribution in [2.45, 2.75) is 6.54 Å². The smallest absolute Gasteiger partial charge is 0.246 e. The van der Waals surface area contributed by atoms with Crippen LogP contribution in [0.3, 0.4) is 0 Å². The monoisotopic (exact) mass is 359 g/mol. The molecular weight excluding hydrogens is 341 g/mol. The molecule has 0 N–H and O–H groups in total. The second-order valence-electron chi connectivity index (χ2n) is 5.96. The third kappa shape index (κ3) is 4.87. The van der Waals surface area contributed by atoms with E-state index < -0.39 is 5.82 Å². The zero-order chi connectivity index (χ0) is 17.6. The molecule has 1 fully saturated rings. The first-order valence-corrected chi connectivity index (χ1v) is 8.53. The van der Waals surface area contributed by atoms with Gasteiger partial charge in [0.15, 0.2) is 0 Å². The van der Waals surface area contributed by atoms with E-state index in [9.17, 15) is 9.18 Å². The summed E-state index contributed by atoms with van der Waals surface area (Å²) in [5, 5.41) is 0.0549. The fourth-order valence-corrected chi connectivity index (χ4v) is 2.95. The van der Waals surface area contributed by atoms with E-state index in [4.69, 9.17) is 11.6 Å². The molecule has 130 valence electrons. The van der Waals surface area contributed by atoms with Crippen molar-refractivity contribution in [2.75, 3.05) is 26.2 Å². The predicted molar refractivity (Wildman–Crippen MR) is 96.5 cm³/mol. The molecule has 2 heterocycles. The Labute approximate surface area is 151 Å². The highest BCUT2D eigenvalue weighted by atomic mass is 35.5. The van der Waals surface area contributed by atoms with E-state index in [2.05, 4.69) is 9.88 Å². The van der Waals surface area contributed by atoms with Gasteiger partial charge in [-0.2, -0.15) is 0 Å². The average molecular weight is 360 g/mol. The van der Waals surface area contributed by atoms with Crippen LogP contribution < -0.4 is 0 Å². The average Bonchev–Trinajstić information content (AvgIpc) is 2.64. The number of benzene rings is 1. The minimum absolute atomic E-state index is 0.0380. The van der Waals surface area contributed by atoms with Gasteiger partial charge in [-0.1, -0.05) is 17.7 Å². The fourth-order valence-electron chi connectivity index (χ4n) is 2.76. The van der Waals surface area contributed by atoms with Crippen molar-refractivity contribution in [3.05, 3.63) is 70.8 Å². The number of hydrogen-bond donors (Lipinski definition) is 0. The van der Waals surface area contributed by atoms with E-state index >= 15 is 0 Å². The summed E-state index contributed by atoms with van der Waals surface area (Å²) in [5.41, 5.74) is 1.93. The number of halogens is 2. The number of carbonyl (C=O) groups is 1. The van der Waals surface area contributed by atoms with Crippen LogP contribution in [0.1, 0.15) is 11.1 Å². The standard InChI is InChI=1S/C19H19ClFN3O/c20-17-13-15(1-3-18(17)21)2-4-19(25)24-11-9-23(10-12-24)14-16-5-7-22-8-6-16/h1-8,13H,9-12,14H2. The Bertz CT molecular complexity index is 759. The Kier molecular flexibility index (Phi) is 5.79. The lowest BCUT2D eigenvalue weighted by molar-refractivity contribution is -0.127. The van der Waals surface area contributed by atoms with E-state index in [1.54, 1.807) is 24.5 Å². The molecule has 0 saturated carbocycles. The highest BCUT2D eigenvalue weighted by molar-refractivity contribution is 6.30. The first-order chi connectivity index (χ1) is 12.1. The van der Waals surface area contributed by atoms with E-state index in [0.717, 1.165) is 19.6 Å². The van der Waals surface area contributed by atoms with Gasteiger partial charge >= 0.3 is 0 Å². The van der Waals surface area contributed by atoms with Crippen molar-refractivity contribution < 1.29 is 9.18 Å². The van der Waals surface area contributed by atoms with Gasteiger partial charge in [-0.3, -0.25) is 14.7 Å². The molecule has 0 bridgehead atoms. The Morgan fingerprint density at radius 3 is 2.56 bits per heavy atom. The second kappa shape index (κ2) is 8.23. The minimum atomic E-state index is -0.463. The topological polar surface area (TPSA) is 36.4 Å². The van der Waals surface area contributed by atoms with Crippen LogP contribution in [-0.2, 0) is 11.3 Å². The third-order valence-electron chi connectivity index (χ3n) is 4.20. The normalized spacial score (nSPS) is 15.7. The number of carbonyl (C=O) groups excluding carboxylic acids is 1. The molecule has 1 aromatic heterocycles. The first-order valence-electron chi connectivity index (χ1n) is 8.15. The molecule has 0 spiro atoms. The molecule has 1 aromatic carbocycles. The highest BCUT2D eigenvalue weighted by Gasteiger charge is 2.19. The fraction of sp³-hybridized carbons (Fsp3) is 0.263. The van der Waals surface area contributed by atoms with Gasteiger partial charge in [0.2, 0.25) is 5.91 Å². The maximum absolute atomic E-state index is 13.1.